The number of rotatable bonds is 10. The maximum Gasteiger partial charge on any atom is 0.132 e. The molecule has 3 nitrogen and oxygen atoms in total. The van der Waals surface area contributed by atoms with E-state index in [2.05, 4.69) is 0 Å². The van der Waals surface area contributed by atoms with E-state index in [-0.39, 0.29) is 23.3 Å². The van der Waals surface area contributed by atoms with Crippen molar-refractivity contribution >= 4 is 17.3 Å². The Morgan fingerprint density at radius 3 is 2.00 bits per heavy atom. The lowest BCUT2D eigenvalue weighted by Crippen LogP contribution is -2.06. The predicted molar refractivity (Wildman–Crippen MR) is 67.9 cm³/mol. The van der Waals surface area contributed by atoms with E-state index >= 15 is 0 Å². The van der Waals surface area contributed by atoms with Crippen LogP contribution in [0.15, 0.2) is 0 Å². The quantitative estimate of drug-likeness (QED) is 0.551. The minimum atomic E-state index is 0.114. The lowest BCUT2D eigenvalue weighted by molar-refractivity contribution is -0.120. The van der Waals surface area contributed by atoms with Crippen LogP contribution in [0, 0.1) is 5.92 Å². The molecule has 0 N–H and O–H groups in total. The Balaban J connectivity index is 3.45. The molecule has 98 valence electrons. The van der Waals surface area contributed by atoms with Gasteiger partial charge in [-0.1, -0.05) is 13.3 Å². The van der Waals surface area contributed by atoms with Crippen molar-refractivity contribution in [3.05, 3.63) is 0 Å². The molecule has 0 saturated heterocycles. The summed E-state index contributed by atoms with van der Waals surface area (Å²) in [4.78, 5) is 33.1. The molecule has 0 spiro atoms. The summed E-state index contributed by atoms with van der Waals surface area (Å²) in [6, 6.07) is 0. The third-order valence-electron chi connectivity index (χ3n) is 3.02. The molecular formula is C14H24O3. The summed E-state index contributed by atoms with van der Waals surface area (Å²) in [5.74, 6) is 0.718. The van der Waals surface area contributed by atoms with Crippen LogP contribution >= 0.6 is 0 Å². The fourth-order valence-corrected chi connectivity index (χ4v) is 1.64. The molecule has 17 heavy (non-hydrogen) atoms. The second-order valence-corrected chi connectivity index (χ2v) is 4.85. The van der Waals surface area contributed by atoms with Gasteiger partial charge in [-0.15, -0.1) is 0 Å². The molecular weight excluding hydrogens is 216 g/mol. The zero-order chi connectivity index (χ0) is 13.3. The van der Waals surface area contributed by atoms with Gasteiger partial charge in [0.15, 0.2) is 0 Å². The van der Waals surface area contributed by atoms with Crippen molar-refractivity contribution in [2.45, 2.75) is 65.7 Å². The molecule has 0 heterocycles. The third kappa shape index (κ3) is 9.91. The van der Waals surface area contributed by atoms with Gasteiger partial charge in [0.2, 0.25) is 0 Å². The van der Waals surface area contributed by atoms with Crippen molar-refractivity contribution in [2.75, 3.05) is 0 Å². The summed E-state index contributed by atoms with van der Waals surface area (Å²) in [6.07, 6.45) is 4.95. The lowest BCUT2D eigenvalue weighted by Gasteiger charge is -2.06. The van der Waals surface area contributed by atoms with Gasteiger partial charge in [-0.3, -0.25) is 9.59 Å². The maximum absolute atomic E-state index is 11.4. The smallest absolute Gasteiger partial charge is 0.132 e. The minimum absolute atomic E-state index is 0.114. The molecule has 0 rings (SSSR count). The molecule has 0 saturated carbocycles. The van der Waals surface area contributed by atoms with Crippen LogP contribution in [-0.2, 0) is 14.4 Å². The summed E-state index contributed by atoms with van der Waals surface area (Å²) in [6.45, 7) is 5.09. The molecule has 0 amide bonds. The summed E-state index contributed by atoms with van der Waals surface area (Å²) in [5.41, 5.74) is 0. The van der Waals surface area contributed by atoms with Crippen LogP contribution in [0.5, 0.6) is 0 Å². The van der Waals surface area contributed by atoms with E-state index in [1.54, 1.807) is 13.8 Å². The molecule has 0 unspecified atom stereocenters. The molecule has 0 aliphatic heterocycles. The number of hydrogen-bond acceptors (Lipinski definition) is 3. The van der Waals surface area contributed by atoms with Crippen molar-refractivity contribution in [3.8, 4) is 0 Å². The van der Waals surface area contributed by atoms with E-state index in [1.807, 2.05) is 6.92 Å². The molecule has 0 radical (unpaired) electrons. The molecule has 0 fully saturated rings. The Morgan fingerprint density at radius 1 is 0.882 bits per heavy atom. The number of ketones is 3. The zero-order valence-electron chi connectivity index (χ0n) is 11.3. The molecule has 0 aliphatic rings. The van der Waals surface area contributed by atoms with Crippen LogP contribution in [0.3, 0.4) is 0 Å². The Kier molecular flexibility index (Phi) is 8.55. The van der Waals surface area contributed by atoms with Gasteiger partial charge in [-0.05, 0) is 33.1 Å². The first kappa shape index (κ1) is 16.0. The number of unbranched alkanes of at least 4 members (excludes halogenated alkanes) is 1. The first-order valence-corrected chi connectivity index (χ1v) is 6.45. The van der Waals surface area contributed by atoms with Gasteiger partial charge in [0.25, 0.3) is 0 Å². The average molecular weight is 240 g/mol. The highest BCUT2D eigenvalue weighted by Gasteiger charge is 2.08. The number of carbonyl (C=O) groups excluding carboxylic acids is 3. The molecule has 0 aromatic rings. The van der Waals surface area contributed by atoms with Crippen LogP contribution in [0.4, 0.5) is 0 Å². The van der Waals surface area contributed by atoms with Crippen LogP contribution < -0.4 is 0 Å². The van der Waals surface area contributed by atoms with Crippen LogP contribution in [0.2, 0.25) is 0 Å². The highest BCUT2D eigenvalue weighted by atomic mass is 16.1. The number of Topliss-reactive ketones (excluding diaryl/α,β-unsaturated/α-hetero) is 3. The molecule has 0 aromatic carbocycles. The normalized spacial score (nSPS) is 12.2. The predicted octanol–water partition coefficient (Wildman–Crippen LogP) is 3.10. The van der Waals surface area contributed by atoms with E-state index in [1.165, 1.54) is 0 Å². The number of hydrogen-bond donors (Lipinski definition) is 0. The Bertz CT molecular complexity index is 269. The Morgan fingerprint density at radius 2 is 1.47 bits per heavy atom. The molecule has 3 heteroatoms. The van der Waals surface area contributed by atoms with E-state index in [4.69, 9.17) is 0 Å². The van der Waals surface area contributed by atoms with Crippen LogP contribution in [-0.4, -0.2) is 17.3 Å². The minimum Gasteiger partial charge on any atom is -0.300 e. The molecule has 0 aliphatic carbocycles. The average Bonchev–Trinajstić information content (AvgIpc) is 2.23. The zero-order valence-corrected chi connectivity index (χ0v) is 11.3. The van der Waals surface area contributed by atoms with Gasteiger partial charge < -0.3 is 4.79 Å². The standard InChI is InChI=1S/C14H24O3/c1-11(13(3)16)7-4-5-9-14(17)10-6-8-12(2)15/h11H,4-10H2,1-3H3/t11-/m0/s1. The summed E-state index contributed by atoms with van der Waals surface area (Å²) in [7, 11) is 0. The van der Waals surface area contributed by atoms with Gasteiger partial charge in [0.1, 0.15) is 17.3 Å². The van der Waals surface area contributed by atoms with Crippen LogP contribution in [0.1, 0.15) is 65.7 Å². The Labute approximate surface area is 104 Å². The fraction of sp³-hybridized carbons (Fsp3) is 0.786. The Hall–Kier alpha value is -0.990. The van der Waals surface area contributed by atoms with Crippen molar-refractivity contribution in [3.63, 3.8) is 0 Å². The topological polar surface area (TPSA) is 51.2 Å². The van der Waals surface area contributed by atoms with Gasteiger partial charge >= 0.3 is 0 Å². The summed E-state index contributed by atoms with van der Waals surface area (Å²) >= 11 is 0. The second-order valence-electron chi connectivity index (χ2n) is 4.85. The maximum atomic E-state index is 11.4. The molecule has 1 atom stereocenters. The highest BCUT2D eigenvalue weighted by molar-refractivity contribution is 5.80. The monoisotopic (exact) mass is 240 g/mol. The molecule has 0 bridgehead atoms. The summed E-state index contributed by atoms with van der Waals surface area (Å²) < 4.78 is 0. The fourth-order valence-electron chi connectivity index (χ4n) is 1.64. The first-order chi connectivity index (χ1) is 7.93. The largest absolute Gasteiger partial charge is 0.300 e. The van der Waals surface area contributed by atoms with E-state index < -0.39 is 0 Å². The van der Waals surface area contributed by atoms with Gasteiger partial charge in [0, 0.05) is 25.2 Å². The van der Waals surface area contributed by atoms with Crippen molar-refractivity contribution in [1.82, 2.24) is 0 Å². The highest BCUT2D eigenvalue weighted by Crippen LogP contribution is 2.11. The number of carbonyl (C=O) groups is 3. The first-order valence-electron chi connectivity index (χ1n) is 6.45. The second kappa shape index (κ2) is 9.08. The SMILES string of the molecule is CC(=O)CCCC(=O)CCCC[C@H](C)C(C)=O. The van der Waals surface area contributed by atoms with E-state index in [0.717, 1.165) is 19.3 Å². The molecule has 0 aromatic heterocycles. The van der Waals surface area contributed by atoms with Crippen molar-refractivity contribution < 1.29 is 14.4 Å². The third-order valence-corrected chi connectivity index (χ3v) is 3.02. The lowest BCUT2D eigenvalue weighted by atomic mass is 9.98. The van der Waals surface area contributed by atoms with E-state index in [9.17, 15) is 14.4 Å². The van der Waals surface area contributed by atoms with E-state index in [0.29, 0.717) is 25.7 Å². The summed E-state index contributed by atoms with van der Waals surface area (Å²) in [5, 5.41) is 0. The van der Waals surface area contributed by atoms with Gasteiger partial charge in [0.05, 0.1) is 0 Å². The van der Waals surface area contributed by atoms with Gasteiger partial charge in [-0.25, -0.2) is 0 Å². The van der Waals surface area contributed by atoms with Crippen molar-refractivity contribution in [2.24, 2.45) is 5.92 Å². The van der Waals surface area contributed by atoms with Crippen molar-refractivity contribution in [1.29, 1.82) is 0 Å². The van der Waals surface area contributed by atoms with Gasteiger partial charge in [-0.2, -0.15) is 0 Å². The van der Waals surface area contributed by atoms with Crippen LogP contribution in [0.25, 0.3) is 0 Å².